The van der Waals surface area contributed by atoms with E-state index in [1.54, 1.807) is 0 Å². The van der Waals surface area contributed by atoms with Gasteiger partial charge < -0.3 is 131 Å². The number of hydrogen-bond acceptors (Lipinski definition) is 27. The van der Waals surface area contributed by atoms with Crippen molar-refractivity contribution >= 4 is 23.9 Å². The third kappa shape index (κ3) is 21.2. The first-order valence-electron chi connectivity index (χ1n) is 13.8. The van der Waals surface area contributed by atoms with Gasteiger partial charge in [-0.1, -0.05) is 0 Å². The molecule has 0 aromatic rings. The molecule has 317 valence electrons. The minimum absolute atomic E-state index is 0. The van der Waals surface area contributed by atoms with Crippen LogP contribution in [-0.2, 0) is 58.1 Å². The van der Waals surface area contributed by atoms with Crippen molar-refractivity contribution in [2.75, 3.05) is 26.4 Å². The number of esters is 1. The fourth-order valence-electron chi connectivity index (χ4n) is 2.95. The molecule has 0 heterocycles. The van der Waals surface area contributed by atoms with Crippen LogP contribution in [0.15, 0.2) is 0 Å². The van der Waals surface area contributed by atoms with Gasteiger partial charge >= 0.3 is 23.0 Å². The fraction of sp³-hybridized carbons (Fsp3) is 0.833. The van der Waals surface area contributed by atoms with E-state index in [1.807, 2.05) is 0 Å². The fourth-order valence-corrected chi connectivity index (χ4v) is 2.95. The molecule has 53 heavy (non-hydrogen) atoms. The van der Waals surface area contributed by atoms with Gasteiger partial charge in [-0.05, 0) is 0 Å². The molecule has 0 amide bonds. The predicted molar refractivity (Wildman–Crippen MR) is 143 cm³/mol. The summed E-state index contributed by atoms with van der Waals surface area (Å²) in [5, 5.41) is 200. The molecule has 0 rings (SSSR count). The molecule has 1 radical (unpaired) electrons. The van der Waals surface area contributed by atoms with Crippen LogP contribution in [0.1, 0.15) is 0 Å². The van der Waals surface area contributed by atoms with E-state index >= 15 is 0 Å². The van der Waals surface area contributed by atoms with Crippen molar-refractivity contribution in [3.8, 4) is 0 Å². The van der Waals surface area contributed by atoms with E-state index in [0.717, 1.165) is 0 Å². The zero-order valence-corrected chi connectivity index (χ0v) is 28.7. The van der Waals surface area contributed by atoms with Crippen LogP contribution in [0.4, 0.5) is 0 Å². The summed E-state index contributed by atoms with van der Waals surface area (Å²) in [4.78, 5) is 42.5. The topological polar surface area (TPSA) is 531 Å². The first-order valence-corrected chi connectivity index (χ1v) is 13.8. The van der Waals surface area contributed by atoms with E-state index in [9.17, 15) is 60.0 Å². The summed E-state index contributed by atoms with van der Waals surface area (Å²) in [6.45, 7) is -3.83. The Kier molecular flexibility index (Phi) is 34.6. The van der Waals surface area contributed by atoms with Crippen LogP contribution in [0.3, 0.4) is 0 Å². The largest absolute Gasteiger partial charge is 3.00 e. The average molecular weight is 875 g/mol. The molecule has 29 heteroatoms. The molecule has 0 unspecified atom stereocenters. The van der Waals surface area contributed by atoms with Crippen LogP contribution in [0.2, 0.25) is 0 Å². The number of carbonyl (C=O) groups excluding carboxylic acids is 4. The Morgan fingerprint density at radius 3 is 0.830 bits per heavy atom. The summed E-state index contributed by atoms with van der Waals surface area (Å²) in [5.41, 5.74) is 0. The molecule has 27 nitrogen and oxygen atoms in total. The third-order valence-corrected chi connectivity index (χ3v) is 6.21. The number of aliphatic hydroxyl groups excluding tert-OH is 19. The molecule has 19 N–H and O–H groups in total. The minimum atomic E-state index is -2.62. The summed E-state index contributed by atoms with van der Waals surface area (Å²) in [5.74, 6) is -8.09. The molecule has 0 aromatic heterocycles. The van der Waals surface area contributed by atoms with E-state index < -0.39 is 148 Å². The molecule has 0 aliphatic carbocycles. The molecular weight excluding hydrogens is 832 g/mol. The Bertz CT molecular complexity index is 974. The van der Waals surface area contributed by atoms with E-state index in [4.69, 9.17) is 71.5 Å². The van der Waals surface area contributed by atoms with Gasteiger partial charge in [0.05, 0.1) is 44.3 Å². The zero-order chi connectivity index (χ0) is 41.1. The zero-order valence-electron chi connectivity index (χ0n) is 26.5. The predicted octanol–water partition coefficient (Wildman–Crippen LogP) is -17.5. The Morgan fingerprint density at radius 2 is 0.623 bits per heavy atom. The van der Waals surface area contributed by atoms with Gasteiger partial charge in [-0.3, -0.25) is 0 Å². The number of carboxylic acid groups (broad SMARTS) is 3. The van der Waals surface area contributed by atoms with Gasteiger partial charge in [-0.25, -0.2) is 4.79 Å². The van der Waals surface area contributed by atoms with Crippen molar-refractivity contribution < 1.29 is 170 Å². The maximum absolute atomic E-state index is 11.6. The number of carboxylic acids is 3. The van der Waals surface area contributed by atoms with Crippen molar-refractivity contribution in [2.45, 2.75) is 97.7 Å². The number of hydrogen-bond donors (Lipinski definition) is 19. The molecule has 0 aromatic carbocycles. The molecule has 16 atom stereocenters. The first kappa shape index (κ1) is 60.4. The summed E-state index contributed by atoms with van der Waals surface area (Å²) < 4.78 is 4.17. The van der Waals surface area contributed by atoms with Crippen LogP contribution in [0.5, 0.6) is 0 Å². The SMILES string of the molecule is O=C(O[C@@H](C(=O)[O-])[C@@H](O)[C@H](O)[C@H](O)CO)[C@H](O)[C@@H](O)[C@H](O)[C@H](O)CO.O=C([O-])[C@H](O)[C@@H](O)[C@H](O)[C@H](O)CO.O=C([O-])[C@H](O)[C@@H](O)[C@H](O)[C@H](O)CO.[Fe+3].[Fe]. The number of rotatable bonds is 21. The number of carbonyl (C=O) groups is 4. The summed E-state index contributed by atoms with van der Waals surface area (Å²) in [6, 6.07) is 0. The van der Waals surface area contributed by atoms with Crippen molar-refractivity contribution in [2.24, 2.45) is 0 Å². The third-order valence-electron chi connectivity index (χ3n) is 6.21. The quantitative estimate of drug-likeness (QED) is 0.0376. The van der Waals surface area contributed by atoms with Crippen molar-refractivity contribution in [3.05, 3.63) is 0 Å². The average Bonchev–Trinajstić information content (AvgIpc) is 3.11. The van der Waals surface area contributed by atoms with Gasteiger partial charge in [0.1, 0.15) is 85.5 Å². The molecule has 0 saturated carbocycles. The van der Waals surface area contributed by atoms with Crippen LogP contribution < -0.4 is 15.3 Å². The second kappa shape index (κ2) is 30.4. The molecule has 0 aliphatic heterocycles. The Morgan fingerprint density at radius 1 is 0.396 bits per heavy atom. The maximum Gasteiger partial charge on any atom is 3.00 e. The van der Waals surface area contributed by atoms with Crippen LogP contribution in [0.25, 0.3) is 0 Å². The molecule has 0 aliphatic rings. The van der Waals surface area contributed by atoms with Gasteiger partial charge in [0.25, 0.3) is 0 Å². The molecule has 0 saturated heterocycles. The molecule has 0 bridgehead atoms. The number of aliphatic hydroxyl groups is 19. The van der Waals surface area contributed by atoms with Gasteiger partial charge in [-0.2, -0.15) is 0 Å². The number of aliphatic carboxylic acids is 3. The minimum Gasteiger partial charge on any atom is -0.547 e. The van der Waals surface area contributed by atoms with Crippen LogP contribution in [-0.4, -0.2) is 245 Å². The Balaban J connectivity index is -0.000000233. The second-order valence-electron chi connectivity index (χ2n) is 10.1. The monoisotopic (exact) mass is 875 g/mol. The summed E-state index contributed by atoms with van der Waals surface area (Å²) >= 11 is 0. The Hall–Kier alpha value is -1.84. The summed E-state index contributed by atoms with van der Waals surface area (Å²) in [7, 11) is 0. The van der Waals surface area contributed by atoms with Gasteiger partial charge in [0.15, 0.2) is 12.2 Å². The molecular formula is C24H43Fe2O27. The van der Waals surface area contributed by atoms with Gasteiger partial charge in [0.2, 0.25) is 0 Å². The van der Waals surface area contributed by atoms with Gasteiger partial charge in [-0.15, -0.1) is 0 Å². The normalized spacial score (nSPS) is 20.1. The Labute approximate surface area is 318 Å². The second-order valence-corrected chi connectivity index (χ2v) is 10.1. The summed E-state index contributed by atoms with van der Waals surface area (Å²) in [6.07, 6.45) is -34.7. The van der Waals surface area contributed by atoms with Crippen molar-refractivity contribution in [1.82, 2.24) is 0 Å². The van der Waals surface area contributed by atoms with Crippen LogP contribution >= 0.6 is 0 Å². The van der Waals surface area contributed by atoms with Crippen LogP contribution in [0, 0.1) is 0 Å². The molecule has 0 spiro atoms. The first-order chi connectivity index (χ1) is 23.3. The molecule has 0 fully saturated rings. The number of ether oxygens (including phenoxy) is 1. The van der Waals surface area contributed by atoms with E-state index in [0.29, 0.717) is 0 Å². The van der Waals surface area contributed by atoms with E-state index in [-0.39, 0.29) is 34.1 Å². The smallest absolute Gasteiger partial charge is 0.547 e. The maximum atomic E-state index is 11.6. The van der Waals surface area contributed by atoms with Gasteiger partial charge in [0, 0.05) is 17.1 Å². The van der Waals surface area contributed by atoms with E-state index in [1.165, 1.54) is 0 Å². The van der Waals surface area contributed by atoms with Crippen molar-refractivity contribution in [3.63, 3.8) is 0 Å². The standard InChI is InChI=1S/C12H22O13.2C6H12O7.2Fe/c13-1-3(15)5(17)7(19)9(21)12(24)25-10(11(22)23)8(20)6(18)4(16)2-14;2*7-1-2(8)3(9)4(10)5(11)6(12)13;;/h3-10,13-21H,1-2H2,(H,22,23);2*2-5,7-11H,1H2,(H,12,13);;/q;;;;+3/p-3/t3-,4-,5-,6-,7+,8+,9-,10-;2*2-,3-,4+,5-;;/m111../s1. The van der Waals surface area contributed by atoms with E-state index in [2.05, 4.69) is 4.74 Å². The van der Waals surface area contributed by atoms with Crippen molar-refractivity contribution in [1.29, 1.82) is 0 Å².